The molecule has 26 heavy (non-hydrogen) atoms. The fraction of sp³-hybridized carbons (Fsp3) is 0.833. The number of ether oxygens (including phenoxy) is 3. The third kappa shape index (κ3) is 17.2. The van der Waals surface area contributed by atoms with Gasteiger partial charge in [-0.05, 0) is 26.7 Å². The molecule has 0 aromatic carbocycles. The second-order valence-corrected chi connectivity index (χ2v) is 6.24. The maximum absolute atomic E-state index is 10.7. The van der Waals surface area contributed by atoms with Crippen LogP contribution in [-0.2, 0) is 28.6 Å². The van der Waals surface area contributed by atoms with Gasteiger partial charge in [0.15, 0.2) is 0 Å². The predicted octanol–water partition coefficient (Wildman–Crippen LogP) is 1.56. The summed E-state index contributed by atoms with van der Waals surface area (Å²) in [6, 6.07) is 0. The standard InChI is InChI=1S/C7H14O2.C6H12O3.C5H10O3/c1-5(2)6(3)7(8)9-4;1-4(5(2)7)6(8)9-3;1-4(6)3-5(7)8-2/h5-6H,1-4H3;4-5,7H,1-3H3;4,6H,3H2,1-2H3/t6-;4-,5-;4-/m000/s1. The van der Waals surface area contributed by atoms with Gasteiger partial charge in [0.1, 0.15) is 0 Å². The first kappa shape index (κ1) is 29.1. The molecule has 0 bridgehead atoms. The number of rotatable bonds is 6. The fourth-order valence-electron chi connectivity index (χ4n) is 1.17. The maximum atomic E-state index is 10.7. The van der Waals surface area contributed by atoms with Gasteiger partial charge in [-0.2, -0.15) is 0 Å². The molecule has 0 amide bonds. The van der Waals surface area contributed by atoms with Gasteiger partial charge < -0.3 is 24.4 Å². The van der Waals surface area contributed by atoms with Crippen molar-refractivity contribution in [1.82, 2.24) is 0 Å². The van der Waals surface area contributed by atoms with Crippen molar-refractivity contribution < 1.29 is 38.8 Å². The van der Waals surface area contributed by atoms with Crippen LogP contribution in [0.2, 0.25) is 0 Å². The van der Waals surface area contributed by atoms with Gasteiger partial charge >= 0.3 is 17.9 Å². The number of hydrogen-bond acceptors (Lipinski definition) is 8. The minimum atomic E-state index is -0.627. The average Bonchev–Trinajstić information content (AvgIpc) is 2.58. The summed E-state index contributed by atoms with van der Waals surface area (Å²) < 4.78 is 13.2. The first-order valence-electron chi connectivity index (χ1n) is 8.44. The van der Waals surface area contributed by atoms with Crippen LogP contribution in [0.1, 0.15) is 48.0 Å². The van der Waals surface area contributed by atoms with Gasteiger partial charge in [-0.3, -0.25) is 14.4 Å². The lowest BCUT2D eigenvalue weighted by molar-refractivity contribution is -0.148. The zero-order valence-corrected chi connectivity index (χ0v) is 17.4. The molecular formula is C18H36O8. The highest BCUT2D eigenvalue weighted by molar-refractivity contribution is 5.72. The molecule has 0 aromatic rings. The molecule has 0 aliphatic rings. The van der Waals surface area contributed by atoms with E-state index < -0.39 is 18.1 Å². The average molecular weight is 380 g/mol. The van der Waals surface area contributed by atoms with Crippen LogP contribution < -0.4 is 0 Å². The van der Waals surface area contributed by atoms with Gasteiger partial charge in [-0.1, -0.05) is 20.8 Å². The summed E-state index contributed by atoms with van der Waals surface area (Å²) in [6.45, 7) is 10.6. The van der Waals surface area contributed by atoms with Crippen LogP contribution in [0.5, 0.6) is 0 Å². The molecule has 4 atom stereocenters. The molecular weight excluding hydrogens is 344 g/mol. The predicted molar refractivity (Wildman–Crippen MR) is 97.2 cm³/mol. The molecule has 8 heteroatoms. The van der Waals surface area contributed by atoms with Crippen LogP contribution >= 0.6 is 0 Å². The first-order chi connectivity index (χ1) is 11.8. The van der Waals surface area contributed by atoms with Crippen molar-refractivity contribution in [3.05, 3.63) is 0 Å². The first-order valence-corrected chi connectivity index (χ1v) is 8.44. The summed E-state index contributed by atoms with van der Waals surface area (Å²) in [5.74, 6) is -0.891. The Morgan fingerprint density at radius 3 is 1.23 bits per heavy atom. The summed E-state index contributed by atoms with van der Waals surface area (Å²) >= 11 is 0. The van der Waals surface area contributed by atoms with Crippen LogP contribution in [0.3, 0.4) is 0 Å². The van der Waals surface area contributed by atoms with E-state index >= 15 is 0 Å². The smallest absolute Gasteiger partial charge is 0.310 e. The number of hydrogen-bond donors (Lipinski definition) is 2. The zero-order chi connectivity index (χ0) is 21.4. The third-order valence-electron chi connectivity index (χ3n) is 3.56. The van der Waals surface area contributed by atoms with Crippen molar-refractivity contribution in [3.63, 3.8) is 0 Å². The van der Waals surface area contributed by atoms with Crippen molar-refractivity contribution >= 4 is 17.9 Å². The van der Waals surface area contributed by atoms with E-state index in [9.17, 15) is 14.4 Å². The summed E-state index contributed by atoms with van der Waals surface area (Å²) in [4.78, 5) is 31.5. The third-order valence-corrected chi connectivity index (χ3v) is 3.56. The molecule has 0 aliphatic carbocycles. The number of methoxy groups -OCH3 is 3. The minimum Gasteiger partial charge on any atom is -0.469 e. The van der Waals surface area contributed by atoms with Gasteiger partial charge in [0.2, 0.25) is 0 Å². The number of aliphatic hydroxyl groups is 2. The van der Waals surface area contributed by atoms with Gasteiger partial charge in [0, 0.05) is 0 Å². The topological polar surface area (TPSA) is 119 Å². The lowest BCUT2D eigenvalue weighted by atomic mass is 9.99. The highest BCUT2D eigenvalue weighted by atomic mass is 16.5. The number of carbonyl (C=O) groups excluding carboxylic acids is 3. The fourth-order valence-corrected chi connectivity index (χ4v) is 1.17. The van der Waals surface area contributed by atoms with E-state index in [-0.39, 0.29) is 30.2 Å². The molecule has 0 unspecified atom stereocenters. The van der Waals surface area contributed by atoms with Crippen LogP contribution in [0.4, 0.5) is 0 Å². The molecule has 0 spiro atoms. The van der Waals surface area contributed by atoms with E-state index in [1.807, 2.05) is 20.8 Å². The Kier molecular flexibility index (Phi) is 18.8. The van der Waals surface area contributed by atoms with Crippen LogP contribution in [0.15, 0.2) is 0 Å². The van der Waals surface area contributed by atoms with E-state index in [1.54, 1.807) is 13.8 Å². The normalized spacial score (nSPS) is 14.3. The van der Waals surface area contributed by atoms with Gasteiger partial charge in [-0.15, -0.1) is 0 Å². The molecule has 0 fully saturated rings. The Morgan fingerprint density at radius 1 is 0.731 bits per heavy atom. The molecule has 156 valence electrons. The summed E-state index contributed by atoms with van der Waals surface area (Å²) in [6.07, 6.45) is -1.14. The van der Waals surface area contributed by atoms with Crippen molar-refractivity contribution in [2.24, 2.45) is 17.8 Å². The largest absolute Gasteiger partial charge is 0.469 e. The van der Waals surface area contributed by atoms with Crippen molar-refractivity contribution in [1.29, 1.82) is 0 Å². The Balaban J connectivity index is -0.000000306. The van der Waals surface area contributed by atoms with Crippen molar-refractivity contribution in [2.75, 3.05) is 21.3 Å². The van der Waals surface area contributed by atoms with Crippen molar-refractivity contribution in [3.8, 4) is 0 Å². The highest BCUT2D eigenvalue weighted by Gasteiger charge is 2.17. The van der Waals surface area contributed by atoms with Crippen molar-refractivity contribution in [2.45, 2.75) is 60.2 Å². The van der Waals surface area contributed by atoms with Gasteiger partial charge in [0.05, 0.1) is 51.8 Å². The Bertz CT molecular complexity index is 365. The summed E-state index contributed by atoms with van der Waals surface area (Å²) in [7, 11) is 4.02. The molecule has 2 N–H and O–H groups in total. The van der Waals surface area contributed by atoms with Crippen LogP contribution in [-0.4, -0.2) is 61.7 Å². The highest BCUT2D eigenvalue weighted by Crippen LogP contribution is 2.10. The van der Waals surface area contributed by atoms with Crippen LogP contribution in [0.25, 0.3) is 0 Å². The second-order valence-electron chi connectivity index (χ2n) is 6.24. The molecule has 0 aliphatic heterocycles. The van der Waals surface area contributed by atoms with Gasteiger partial charge in [0.25, 0.3) is 0 Å². The van der Waals surface area contributed by atoms with E-state index in [0.29, 0.717) is 5.92 Å². The monoisotopic (exact) mass is 380 g/mol. The molecule has 0 saturated heterocycles. The lowest BCUT2D eigenvalue weighted by Crippen LogP contribution is -2.23. The summed E-state index contributed by atoms with van der Waals surface area (Å²) in [5.41, 5.74) is 0. The summed E-state index contributed by atoms with van der Waals surface area (Å²) in [5, 5.41) is 17.4. The lowest BCUT2D eigenvalue weighted by Gasteiger charge is -2.11. The Hall–Kier alpha value is -1.67. The van der Waals surface area contributed by atoms with Crippen LogP contribution in [0, 0.1) is 17.8 Å². The number of aliphatic hydroxyl groups excluding tert-OH is 2. The molecule has 0 radical (unpaired) electrons. The molecule has 8 nitrogen and oxygen atoms in total. The minimum absolute atomic E-state index is 0.0231. The number of esters is 3. The molecule has 0 saturated carbocycles. The van der Waals surface area contributed by atoms with E-state index in [1.165, 1.54) is 28.3 Å². The van der Waals surface area contributed by atoms with E-state index in [4.69, 9.17) is 10.2 Å². The second kappa shape index (κ2) is 16.8. The Morgan fingerprint density at radius 2 is 1.12 bits per heavy atom. The zero-order valence-electron chi connectivity index (χ0n) is 17.4. The van der Waals surface area contributed by atoms with E-state index in [2.05, 4.69) is 14.2 Å². The van der Waals surface area contributed by atoms with Gasteiger partial charge in [-0.25, -0.2) is 0 Å². The number of carbonyl (C=O) groups is 3. The molecule has 0 heterocycles. The molecule has 0 aromatic heterocycles. The maximum Gasteiger partial charge on any atom is 0.310 e. The molecule has 0 rings (SSSR count). The quantitative estimate of drug-likeness (QED) is 0.526. The van der Waals surface area contributed by atoms with E-state index in [0.717, 1.165) is 0 Å². The Labute approximate surface area is 156 Å². The SMILES string of the molecule is COC(=O)C[C@H](C)O.COC(=O)[C@@H](C)C(C)C.COC(=O)[C@@H](C)[C@H](C)O.